The first-order chi connectivity index (χ1) is 13.8. The number of halogens is 2. The summed E-state index contributed by atoms with van der Waals surface area (Å²) < 4.78 is 18.1. The summed E-state index contributed by atoms with van der Waals surface area (Å²) in [6.45, 7) is 5.97. The summed E-state index contributed by atoms with van der Waals surface area (Å²) in [7, 11) is 3.13. The maximum atomic E-state index is 12.2. The van der Waals surface area contributed by atoms with Crippen LogP contribution in [-0.2, 0) is 4.79 Å². The number of rotatable bonds is 8. The van der Waals surface area contributed by atoms with Gasteiger partial charge in [0.05, 0.1) is 24.9 Å². The Bertz CT molecular complexity index is 914. The van der Waals surface area contributed by atoms with Crippen molar-refractivity contribution in [3.8, 4) is 17.2 Å². The Morgan fingerprint density at radius 1 is 1.17 bits per heavy atom. The standard InChI is InChI=1S/C21H24Br2N2O4/c1-12(2)15-9-16(22)13(3)20(23)21(15)29-11-19(26)25-24-10-14-6-7-17(27-4)18(8-14)28-5/h6-10,12H,11H2,1-5H3,(H,25,26). The zero-order valence-corrected chi connectivity index (χ0v) is 20.2. The number of hydrogen-bond acceptors (Lipinski definition) is 5. The van der Waals surface area contributed by atoms with Gasteiger partial charge in [-0.05, 0) is 69.7 Å². The maximum Gasteiger partial charge on any atom is 0.277 e. The third-order valence-corrected chi connectivity index (χ3v) is 5.99. The summed E-state index contributed by atoms with van der Waals surface area (Å²) in [6, 6.07) is 7.37. The first-order valence-corrected chi connectivity index (χ1v) is 10.5. The van der Waals surface area contributed by atoms with Crippen LogP contribution in [0.2, 0.25) is 0 Å². The smallest absolute Gasteiger partial charge is 0.277 e. The van der Waals surface area contributed by atoms with Gasteiger partial charge >= 0.3 is 0 Å². The minimum atomic E-state index is -0.357. The first kappa shape index (κ1) is 23.2. The molecule has 2 rings (SSSR count). The highest BCUT2D eigenvalue weighted by molar-refractivity contribution is 9.11. The SMILES string of the molecule is COc1ccc(C=NNC(=O)COc2c(C(C)C)cc(Br)c(C)c2Br)cc1OC. The topological polar surface area (TPSA) is 69.2 Å². The first-order valence-electron chi connectivity index (χ1n) is 8.93. The normalized spacial score (nSPS) is 11.0. The number of methoxy groups -OCH3 is 2. The van der Waals surface area contributed by atoms with Crippen molar-refractivity contribution in [1.82, 2.24) is 5.43 Å². The zero-order valence-electron chi connectivity index (χ0n) is 17.0. The van der Waals surface area contributed by atoms with Crippen molar-refractivity contribution < 1.29 is 19.0 Å². The van der Waals surface area contributed by atoms with E-state index in [9.17, 15) is 4.79 Å². The molecule has 156 valence electrons. The summed E-state index contributed by atoms with van der Waals surface area (Å²) in [5.74, 6) is 1.76. The number of ether oxygens (including phenoxy) is 3. The zero-order chi connectivity index (χ0) is 21.6. The van der Waals surface area contributed by atoms with E-state index in [1.807, 2.05) is 19.1 Å². The molecule has 0 aliphatic carbocycles. The third kappa shape index (κ3) is 5.96. The Balaban J connectivity index is 2.02. The van der Waals surface area contributed by atoms with Crippen LogP contribution >= 0.6 is 31.9 Å². The van der Waals surface area contributed by atoms with E-state index in [1.165, 1.54) is 6.21 Å². The van der Waals surface area contributed by atoms with E-state index < -0.39 is 0 Å². The fourth-order valence-electron chi connectivity index (χ4n) is 2.57. The van der Waals surface area contributed by atoms with E-state index in [0.717, 1.165) is 25.6 Å². The molecule has 8 heteroatoms. The van der Waals surface area contributed by atoms with Crippen LogP contribution in [0.15, 0.2) is 38.3 Å². The predicted octanol–water partition coefficient (Wildman–Crippen LogP) is 5.19. The van der Waals surface area contributed by atoms with E-state index in [0.29, 0.717) is 17.2 Å². The molecule has 0 saturated heterocycles. The molecule has 0 bridgehead atoms. The molecule has 0 aromatic heterocycles. The number of carbonyl (C=O) groups excluding carboxylic acids is 1. The molecule has 2 aromatic rings. The van der Waals surface area contributed by atoms with Crippen molar-refractivity contribution in [1.29, 1.82) is 0 Å². The molecule has 0 atom stereocenters. The lowest BCUT2D eigenvalue weighted by molar-refractivity contribution is -0.123. The molecule has 1 amide bonds. The molecule has 0 aliphatic rings. The van der Waals surface area contributed by atoms with Gasteiger partial charge in [-0.25, -0.2) is 5.43 Å². The predicted molar refractivity (Wildman–Crippen MR) is 121 cm³/mol. The van der Waals surface area contributed by atoms with Crippen LogP contribution in [0.3, 0.4) is 0 Å². The van der Waals surface area contributed by atoms with Crippen molar-refractivity contribution in [3.05, 3.63) is 49.9 Å². The Hall–Kier alpha value is -2.06. The van der Waals surface area contributed by atoms with E-state index in [2.05, 4.69) is 56.2 Å². The summed E-state index contributed by atoms with van der Waals surface area (Å²) in [5, 5.41) is 3.98. The van der Waals surface area contributed by atoms with Gasteiger partial charge < -0.3 is 14.2 Å². The summed E-state index contributed by atoms with van der Waals surface area (Å²) in [5.41, 5.74) is 5.25. The van der Waals surface area contributed by atoms with Crippen molar-refractivity contribution in [2.45, 2.75) is 26.7 Å². The van der Waals surface area contributed by atoms with Crippen LogP contribution in [0.25, 0.3) is 0 Å². The van der Waals surface area contributed by atoms with Gasteiger partial charge in [-0.3, -0.25) is 4.79 Å². The molecular formula is C21H24Br2N2O4. The fraction of sp³-hybridized carbons (Fsp3) is 0.333. The lowest BCUT2D eigenvalue weighted by Gasteiger charge is -2.18. The molecule has 0 spiro atoms. The molecule has 6 nitrogen and oxygen atoms in total. The van der Waals surface area contributed by atoms with Crippen LogP contribution in [-0.4, -0.2) is 32.9 Å². The lowest BCUT2D eigenvalue weighted by atomic mass is 10.0. The third-order valence-electron chi connectivity index (χ3n) is 4.21. The quantitative estimate of drug-likeness (QED) is 0.379. The molecule has 1 N–H and O–H groups in total. The Morgan fingerprint density at radius 2 is 1.86 bits per heavy atom. The Labute approximate surface area is 187 Å². The van der Waals surface area contributed by atoms with Crippen molar-refractivity contribution >= 4 is 44.0 Å². The van der Waals surface area contributed by atoms with Gasteiger partial charge in [-0.1, -0.05) is 29.8 Å². The summed E-state index contributed by atoms with van der Waals surface area (Å²) >= 11 is 7.12. The van der Waals surface area contributed by atoms with Gasteiger partial charge in [0.1, 0.15) is 5.75 Å². The minimum absolute atomic E-state index is 0.150. The number of carbonyl (C=O) groups is 1. The maximum absolute atomic E-state index is 12.2. The Morgan fingerprint density at radius 3 is 2.48 bits per heavy atom. The number of nitrogens with zero attached hydrogens (tertiary/aromatic N) is 1. The second-order valence-electron chi connectivity index (χ2n) is 6.57. The van der Waals surface area contributed by atoms with Crippen molar-refractivity contribution in [2.24, 2.45) is 5.10 Å². The highest BCUT2D eigenvalue weighted by Crippen LogP contribution is 2.40. The fourth-order valence-corrected chi connectivity index (χ4v) is 3.84. The summed E-state index contributed by atoms with van der Waals surface area (Å²) in [6.07, 6.45) is 1.53. The van der Waals surface area contributed by atoms with Crippen LogP contribution in [0, 0.1) is 6.92 Å². The average Bonchev–Trinajstić information content (AvgIpc) is 2.70. The summed E-state index contributed by atoms with van der Waals surface area (Å²) in [4.78, 5) is 12.2. The van der Waals surface area contributed by atoms with E-state index in [4.69, 9.17) is 14.2 Å². The van der Waals surface area contributed by atoms with Crippen LogP contribution in [0.5, 0.6) is 17.2 Å². The second-order valence-corrected chi connectivity index (χ2v) is 8.21. The van der Waals surface area contributed by atoms with Gasteiger partial charge in [-0.2, -0.15) is 5.10 Å². The molecule has 0 heterocycles. The Kier molecular flexibility index (Phi) is 8.52. The minimum Gasteiger partial charge on any atom is -0.493 e. The number of nitrogens with one attached hydrogen (secondary N) is 1. The van der Waals surface area contributed by atoms with E-state index in [1.54, 1.807) is 26.4 Å². The molecule has 2 aromatic carbocycles. The monoisotopic (exact) mass is 526 g/mol. The van der Waals surface area contributed by atoms with E-state index in [-0.39, 0.29) is 18.4 Å². The number of benzene rings is 2. The van der Waals surface area contributed by atoms with E-state index >= 15 is 0 Å². The largest absolute Gasteiger partial charge is 0.493 e. The van der Waals surface area contributed by atoms with Crippen LogP contribution in [0.1, 0.15) is 36.5 Å². The second kappa shape index (κ2) is 10.6. The molecule has 29 heavy (non-hydrogen) atoms. The van der Waals surface area contributed by atoms with Gasteiger partial charge in [0, 0.05) is 4.47 Å². The molecule has 0 unspecified atom stereocenters. The molecule has 0 aliphatic heterocycles. The van der Waals surface area contributed by atoms with Gasteiger partial charge in [0.25, 0.3) is 5.91 Å². The van der Waals surface area contributed by atoms with Crippen LogP contribution < -0.4 is 19.6 Å². The number of hydrogen-bond donors (Lipinski definition) is 1. The van der Waals surface area contributed by atoms with Crippen molar-refractivity contribution in [3.63, 3.8) is 0 Å². The molecule has 0 saturated carbocycles. The molecular weight excluding hydrogens is 504 g/mol. The number of hydrazone groups is 1. The number of amides is 1. The van der Waals surface area contributed by atoms with Crippen molar-refractivity contribution in [2.75, 3.05) is 20.8 Å². The molecule has 0 radical (unpaired) electrons. The molecule has 0 fully saturated rings. The van der Waals surface area contributed by atoms with Gasteiger partial charge in [0.2, 0.25) is 0 Å². The average molecular weight is 528 g/mol. The van der Waals surface area contributed by atoms with Gasteiger partial charge in [-0.15, -0.1) is 0 Å². The van der Waals surface area contributed by atoms with Gasteiger partial charge in [0.15, 0.2) is 18.1 Å². The lowest BCUT2D eigenvalue weighted by Crippen LogP contribution is -2.25. The highest BCUT2D eigenvalue weighted by Gasteiger charge is 2.17. The van der Waals surface area contributed by atoms with Crippen LogP contribution in [0.4, 0.5) is 0 Å². The highest BCUT2D eigenvalue weighted by atomic mass is 79.9.